The second-order valence-electron chi connectivity index (χ2n) is 9.60. The summed E-state index contributed by atoms with van der Waals surface area (Å²) in [6.07, 6.45) is 9.08. The maximum absolute atomic E-state index is 10.9. The van der Waals surface area contributed by atoms with Crippen molar-refractivity contribution in [3.8, 4) is 11.3 Å². The Balaban J connectivity index is 1.60. The van der Waals surface area contributed by atoms with E-state index < -0.39 is 5.97 Å². The van der Waals surface area contributed by atoms with E-state index in [9.17, 15) is 4.79 Å². The number of carbonyl (C=O) groups is 1. The highest BCUT2D eigenvalue weighted by atomic mass is 16.6. The number of aryl methyl sites for hydroxylation is 1. The molecule has 1 unspecified atom stereocenters. The van der Waals surface area contributed by atoms with Crippen LogP contribution in [-0.4, -0.2) is 28.3 Å². The smallest absolute Gasteiger partial charge is 0.307 e. The average molecular weight is 470 g/mol. The molecule has 3 aromatic rings. The highest BCUT2D eigenvalue weighted by Crippen LogP contribution is 2.40. The lowest BCUT2D eigenvalue weighted by Gasteiger charge is -2.34. The molecule has 0 aliphatic carbocycles. The van der Waals surface area contributed by atoms with Gasteiger partial charge in [-0.2, -0.15) is 0 Å². The number of aromatic nitrogens is 1. The van der Waals surface area contributed by atoms with E-state index in [-0.39, 0.29) is 17.4 Å². The Morgan fingerprint density at radius 2 is 1.74 bits per heavy atom. The van der Waals surface area contributed by atoms with Gasteiger partial charge < -0.3 is 9.84 Å². The van der Waals surface area contributed by atoms with Gasteiger partial charge in [-0.25, -0.2) is 0 Å². The Labute approximate surface area is 208 Å². The van der Waals surface area contributed by atoms with Gasteiger partial charge in [0.1, 0.15) is 5.60 Å². The van der Waals surface area contributed by atoms with Crippen LogP contribution in [0.5, 0.6) is 0 Å². The Hall–Kier alpha value is -3.24. The molecule has 1 aromatic heterocycles. The second kappa shape index (κ2) is 10.2. The quantitative estimate of drug-likeness (QED) is 0.325. The lowest BCUT2D eigenvalue weighted by molar-refractivity contribution is -0.136. The first-order valence-electron chi connectivity index (χ1n) is 12.6. The van der Waals surface area contributed by atoms with Crippen molar-refractivity contribution in [2.75, 3.05) is 6.61 Å². The van der Waals surface area contributed by atoms with Crippen molar-refractivity contribution in [2.24, 2.45) is 0 Å². The minimum atomic E-state index is -0.847. The Morgan fingerprint density at radius 3 is 2.26 bits per heavy atom. The third-order valence-electron chi connectivity index (χ3n) is 7.62. The fourth-order valence-electron chi connectivity index (χ4n) is 4.98. The number of pyridine rings is 1. The van der Waals surface area contributed by atoms with Crippen molar-refractivity contribution in [3.63, 3.8) is 0 Å². The first kappa shape index (κ1) is 24.9. The molecular formula is C31H35NO3. The van der Waals surface area contributed by atoms with E-state index in [1.54, 1.807) is 6.20 Å². The molecule has 4 rings (SSSR count). The molecule has 0 spiro atoms. The maximum Gasteiger partial charge on any atom is 0.307 e. The molecule has 182 valence electrons. The molecule has 0 bridgehead atoms. The molecule has 1 aliphatic rings. The van der Waals surface area contributed by atoms with Crippen LogP contribution in [0.25, 0.3) is 17.3 Å². The van der Waals surface area contributed by atoms with Gasteiger partial charge >= 0.3 is 5.97 Å². The number of benzene rings is 2. The van der Waals surface area contributed by atoms with E-state index >= 15 is 0 Å². The first-order valence-corrected chi connectivity index (χ1v) is 12.6. The zero-order chi connectivity index (χ0) is 25.1. The molecule has 1 fully saturated rings. The van der Waals surface area contributed by atoms with E-state index in [4.69, 9.17) is 9.84 Å². The summed E-state index contributed by atoms with van der Waals surface area (Å²) in [5, 5.41) is 8.97. The molecule has 1 atom stereocenters. The molecule has 35 heavy (non-hydrogen) atoms. The molecule has 2 aromatic carbocycles. The predicted molar refractivity (Wildman–Crippen MR) is 142 cm³/mol. The largest absolute Gasteiger partial charge is 0.481 e. The summed E-state index contributed by atoms with van der Waals surface area (Å²) in [6.45, 7) is 9.70. The maximum atomic E-state index is 10.9. The van der Waals surface area contributed by atoms with Crippen LogP contribution in [0.4, 0.5) is 0 Å². The standard InChI is InChI=1S/C31H35NO3/c1-5-30(21-35-30)17-16-24-9-14-27(18-22(24)4)31(6-2,7-3)26-12-10-25(11-13-26)28-15-8-23(20-32-28)19-29(33)34/h8-18,20H,5-7,19,21H2,1-4H3,(H,33,34)/b17-16+. The van der Waals surface area contributed by atoms with Gasteiger partial charge in [0, 0.05) is 17.2 Å². The second-order valence-corrected chi connectivity index (χ2v) is 9.60. The number of carboxylic acids is 1. The van der Waals surface area contributed by atoms with Crippen LogP contribution in [0.15, 0.2) is 66.9 Å². The molecular weight excluding hydrogens is 434 g/mol. The van der Waals surface area contributed by atoms with Gasteiger partial charge in [0.15, 0.2) is 0 Å². The highest BCUT2D eigenvalue weighted by Gasteiger charge is 2.39. The summed E-state index contributed by atoms with van der Waals surface area (Å²) < 4.78 is 5.63. The van der Waals surface area contributed by atoms with Gasteiger partial charge in [-0.3, -0.25) is 9.78 Å². The predicted octanol–water partition coefficient (Wildman–Crippen LogP) is 6.98. The monoisotopic (exact) mass is 469 g/mol. The van der Waals surface area contributed by atoms with Crippen LogP contribution in [0.3, 0.4) is 0 Å². The number of hydrogen-bond acceptors (Lipinski definition) is 3. The van der Waals surface area contributed by atoms with Crippen molar-refractivity contribution < 1.29 is 14.6 Å². The van der Waals surface area contributed by atoms with Gasteiger partial charge in [0.2, 0.25) is 0 Å². The van der Waals surface area contributed by atoms with E-state index in [2.05, 4.69) is 87.3 Å². The van der Waals surface area contributed by atoms with Gasteiger partial charge in [-0.15, -0.1) is 0 Å². The molecule has 0 saturated carbocycles. The molecule has 1 saturated heterocycles. The zero-order valence-electron chi connectivity index (χ0n) is 21.2. The fourth-order valence-corrected chi connectivity index (χ4v) is 4.98. The number of rotatable bonds is 10. The fraction of sp³-hybridized carbons (Fsp3) is 0.355. The van der Waals surface area contributed by atoms with Crippen LogP contribution in [-0.2, 0) is 21.4 Å². The van der Waals surface area contributed by atoms with Crippen molar-refractivity contribution in [3.05, 3.63) is 94.7 Å². The molecule has 4 nitrogen and oxygen atoms in total. The SMILES string of the molecule is CCC1(/C=C/c2ccc(C(CC)(CC)c3ccc(-c4ccc(CC(=O)O)cn4)cc3)cc2C)CO1. The summed E-state index contributed by atoms with van der Waals surface area (Å²) in [4.78, 5) is 15.4. The third-order valence-corrected chi connectivity index (χ3v) is 7.62. The third kappa shape index (κ3) is 5.23. The van der Waals surface area contributed by atoms with E-state index in [0.29, 0.717) is 5.56 Å². The van der Waals surface area contributed by atoms with E-state index in [0.717, 1.165) is 37.1 Å². The minimum absolute atomic E-state index is 0.0109. The number of aliphatic carboxylic acids is 1. The molecule has 4 heteroatoms. The highest BCUT2D eigenvalue weighted by molar-refractivity contribution is 5.70. The topological polar surface area (TPSA) is 62.7 Å². The minimum Gasteiger partial charge on any atom is -0.481 e. The summed E-state index contributed by atoms with van der Waals surface area (Å²) in [6, 6.07) is 19.3. The van der Waals surface area contributed by atoms with Crippen LogP contribution in [0.2, 0.25) is 0 Å². The van der Waals surface area contributed by atoms with Crippen molar-refractivity contribution in [1.82, 2.24) is 4.98 Å². The molecule has 1 N–H and O–H groups in total. The van der Waals surface area contributed by atoms with Crippen molar-refractivity contribution >= 4 is 12.0 Å². The Morgan fingerprint density at radius 1 is 1.06 bits per heavy atom. The Bertz CT molecular complexity index is 1200. The van der Waals surface area contributed by atoms with Gasteiger partial charge in [-0.05, 0) is 66.1 Å². The van der Waals surface area contributed by atoms with E-state index in [1.165, 1.54) is 22.3 Å². The van der Waals surface area contributed by atoms with Gasteiger partial charge in [-0.1, -0.05) is 75.4 Å². The van der Waals surface area contributed by atoms with Crippen molar-refractivity contribution in [1.29, 1.82) is 0 Å². The van der Waals surface area contributed by atoms with Crippen LogP contribution in [0.1, 0.15) is 67.9 Å². The summed E-state index contributed by atoms with van der Waals surface area (Å²) in [5.74, 6) is -0.847. The Kier molecular flexibility index (Phi) is 7.23. The normalized spacial score (nSPS) is 17.6. The molecule has 2 heterocycles. The number of carboxylic acid groups (broad SMARTS) is 1. The lowest BCUT2D eigenvalue weighted by Crippen LogP contribution is -2.26. The van der Waals surface area contributed by atoms with Crippen molar-refractivity contribution in [2.45, 2.75) is 64.4 Å². The van der Waals surface area contributed by atoms with Crippen LogP contribution < -0.4 is 0 Å². The van der Waals surface area contributed by atoms with Crippen LogP contribution >= 0.6 is 0 Å². The number of hydrogen-bond donors (Lipinski definition) is 1. The number of nitrogens with zero attached hydrogens (tertiary/aromatic N) is 1. The van der Waals surface area contributed by atoms with E-state index in [1.807, 2.05) is 12.1 Å². The summed E-state index contributed by atoms with van der Waals surface area (Å²) in [7, 11) is 0. The molecule has 0 amide bonds. The summed E-state index contributed by atoms with van der Waals surface area (Å²) in [5.41, 5.74) is 7.63. The van der Waals surface area contributed by atoms with Gasteiger partial charge in [0.05, 0.1) is 18.7 Å². The van der Waals surface area contributed by atoms with Crippen LogP contribution in [0, 0.1) is 6.92 Å². The summed E-state index contributed by atoms with van der Waals surface area (Å²) >= 11 is 0. The first-order chi connectivity index (χ1) is 16.8. The number of epoxide rings is 1. The average Bonchev–Trinajstić information content (AvgIpc) is 3.66. The number of ether oxygens (including phenoxy) is 1. The lowest BCUT2D eigenvalue weighted by atomic mass is 9.70. The molecule has 0 radical (unpaired) electrons. The molecule has 1 aliphatic heterocycles. The van der Waals surface area contributed by atoms with Gasteiger partial charge in [0.25, 0.3) is 0 Å². The zero-order valence-corrected chi connectivity index (χ0v) is 21.2.